The van der Waals surface area contributed by atoms with Crippen LogP contribution in [0.3, 0.4) is 0 Å². The Morgan fingerprint density at radius 1 is 1.32 bits per heavy atom. The van der Waals surface area contributed by atoms with E-state index in [4.69, 9.17) is 4.74 Å². The highest BCUT2D eigenvalue weighted by Crippen LogP contribution is 2.25. The van der Waals surface area contributed by atoms with Gasteiger partial charge in [-0.05, 0) is 42.8 Å². The number of amides is 1. The quantitative estimate of drug-likeness (QED) is 0.449. The van der Waals surface area contributed by atoms with Crippen molar-refractivity contribution in [1.29, 1.82) is 0 Å². The third-order valence-corrected chi connectivity index (χ3v) is 7.16. The number of hydrogen-bond donors (Lipinski definition) is 1. The summed E-state index contributed by atoms with van der Waals surface area (Å²) < 4.78 is 9.90. The highest BCUT2D eigenvalue weighted by Gasteiger charge is 2.23. The number of carbonyl (C=O) groups excluding carboxylic acids is 1. The van der Waals surface area contributed by atoms with Crippen LogP contribution in [0.5, 0.6) is 0 Å². The van der Waals surface area contributed by atoms with Crippen molar-refractivity contribution in [2.24, 2.45) is 0 Å². The first-order valence-corrected chi connectivity index (χ1v) is 11.9. The van der Waals surface area contributed by atoms with Gasteiger partial charge in [-0.15, -0.1) is 21.5 Å². The van der Waals surface area contributed by atoms with Gasteiger partial charge in [-0.1, -0.05) is 30.0 Å². The molecule has 1 aromatic carbocycles. The molecule has 0 radical (unpaired) electrons. The van der Waals surface area contributed by atoms with Gasteiger partial charge in [0, 0.05) is 12.3 Å². The molecular weight excluding hydrogens is 434 g/mol. The number of para-hydroxylation sites is 1. The van der Waals surface area contributed by atoms with Crippen LogP contribution in [0.4, 0.5) is 5.69 Å². The Bertz CT molecular complexity index is 1320. The lowest BCUT2D eigenvalue weighted by Crippen LogP contribution is -2.28. The van der Waals surface area contributed by atoms with E-state index in [1.807, 2.05) is 47.0 Å². The molecule has 8 nitrogen and oxygen atoms in total. The number of hydrogen-bond acceptors (Lipinski definition) is 7. The molecule has 5 rings (SSSR count). The van der Waals surface area contributed by atoms with Crippen molar-refractivity contribution in [3.63, 3.8) is 0 Å². The number of nitrogens with one attached hydrogen (secondary N) is 1. The molecule has 1 N–H and O–H groups in total. The molecular formula is C21H21N5O3S2. The summed E-state index contributed by atoms with van der Waals surface area (Å²) >= 11 is 2.70. The van der Waals surface area contributed by atoms with E-state index in [9.17, 15) is 9.59 Å². The van der Waals surface area contributed by atoms with Crippen LogP contribution in [0.2, 0.25) is 0 Å². The zero-order chi connectivity index (χ0) is 21.4. The molecule has 4 aromatic rings. The van der Waals surface area contributed by atoms with Crippen molar-refractivity contribution in [3.05, 3.63) is 51.6 Å². The fourth-order valence-corrected chi connectivity index (χ4v) is 5.34. The molecule has 4 heterocycles. The maximum atomic E-state index is 13.1. The Labute approximate surface area is 186 Å². The second-order valence-corrected chi connectivity index (χ2v) is 9.31. The number of anilines is 1. The molecule has 0 saturated carbocycles. The van der Waals surface area contributed by atoms with Gasteiger partial charge in [-0.2, -0.15) is 0 Å². The van der Waals surface area contributed by atoms with E-state index in [2.05, 4.69) is 15.5 Å². The Balaban J connectivity index is 1.44. The summed E-state index contributed by atoms with van der Waals surface area (Å²) in [4.78, 5) is 25.6. The van der Waals surface area contributed by atoms with E-state index < -0.39 is 0 Å². The smallest absolute Gasteiger partial charge is 0.272 e. The van der Waals surface area contributed by atoms with Gasteiger partial charge >= 0.3 is 0 Å². The van der Waals surface area contributed by atoms with Crippen LogP contribution in [0.1, 0.15) is 18.4 Å². The lowest BCUT2D eigenvalue weighted by molar-refractivity contribution is -0.113. The van der Waals surface area contributed by atoms with Crippen molar-refractivity contribution in [2.75, 3.05) is 17.7 Å². The minimum atomic E-state index is -0.120. The average Bonchev–Trinajstić information content (AvgIpc) is 3.51. The zero-order valence-electron chi connectivity index (χ0n) is 16.9. The van der Waals surface area contributed by atoms with E-state index in [-0.39, 0.29) is 23.3 Å². The third kappa shape index (κ3) is 3.86. The summed E-state index contributed by atoms with van der Waals surface area (Å²) in [5, 5.41) is 14.0. The van der Waals surface area contributed by atoms with Crippen LogP contribution in [-0.2, 0) is 16.1 Å². The highest BCUT2D eigenvalue weighted by atomic mass is 32.2. The molecule has 1 fully saturated rings. The largest absolute Gasteiger partial charge is 0.376 e. The number of benzene rings is 1. The molecule has 0 bridgehead atoms. The van der Waals surface area contributed by atoms with E-state index in [1.54, 1.807) is 4.57 Å². The van der Waals surface area contributed by atoms with Gasteiger partial charge in [0.15, 0.2) is 5.16 Å². The normalized spacial score (nSPS) is 16.4. The first-order valence-electron chi connectivity index (χ1n) is 10.1. The Hall–Kier alpha value is -2.69. The van der Waals surface area contributed by atoms with Crippen LogP contribution < -0.4 is 10.9 Å². The predicted molar refractivity (Wildman–Crippen MR) is 122 cm³/mol. The van der Waals surface area contributed by atoms with Crippen molar-refractivity contribution >= 4 is 50.7 Å². The molecule has 1 aliphatic heterocycles. The number of aromatic nitrogens is 4. The first kappa shape index (κ1) is 20.2. The molecule has 0 spiro atoms. The van der Waals surface area contributed by atoms with Crippen molar-refractivity contribution < 1.29 is 9.53 Å². The molecule has 0 unspecified atom stereocenters. The highest BCUT2D eigenvalue weighted by molar-refractivity contribution is 7.99. The first-order chi connectivity index (χ1) is 15.1. The summed E-state index contributed by atoms with van der Waals surface area (Å²) in [6.07, 6.45) is 1.93. The van der Waals surface area contributed by atoms with Gasteiger partial charge in [0.05, 0.1) is 23.9 Å². The van der Waals surface area contributed by atoms with Crippen LogP contribution in [0.25, 0.3) is 16.0 Å². The summed E-state index contributed by atoms with van der Waals surface area (Å²) in [6.45, 7) is 3.13. The predicted octanol–water partition coefficient (Wildman–Crippen LogP) is 3.32. The molecule has 10 heteroatoms. The van der Waals surface area contributed by atoms with E-state index >= 15 is 0 Å². The lowest BCUT2D eigenvalue weighted by Gasteiger charge is -2.13. The number of thioether (sulfide) groups is 1. The van der Waals surface area contributed by atoms with E-state index in [0.717, 1.165) is 36.2 Å². The summed E-state index contributed by atoms with van der Waals surface area (Å²) in [5.41, 5.74) is 2.49. The summed E-state index contributed by atoms with van der Waals surface area (Å²) in [7, 11) is 0. The number of rotatable bonds is 6. The molecule has 1 atom stereocenters. The molecule has 1 aliphatic rings. The second-order valence-electron chi connectivity index (χ2n) is 7.46. The zero-order valence-corrected chi connectivity index (χ0v) is 18.5. The van der Waals surface area contributed by atoms with Gasteiger partial charge in [0.25, 0.3) is 5.56 Å². The number of aryl methyl sites for hydroxylation is 1. The van der Waals surface area contributed by atoms with Gasteiger partial charge in [0.2, 0.25) is 11.7 Å². The van der Waals surface area contributed by atoms with Gasteiger partial charge in [-0.3, -0.25) is 18.6 Å². The van der Waals surface area contributed by atoms with E-state index in [1.165, 1.54) is 23.1 Å². The number of thiophene rings is 1. The Kier molecular flexibility index (Phi) is 5.51. The Morgan fingerprint density at radius 3 is 3.00 bits per heavy atom. The molecule has 1 saturated heterocycles. The average molecular weight is 456 g/mol. The number of carbonyl (C=O) groups is 1. The van der Waals surface area contributed by atoms with Gasteiger partial charge in [-0.25, -0.2) is 0 Å². The maximum Gasteiger partial charge on any atom is 0.272 e. The van der Waals surface area contributed by atoms with Crippen LogP contribution in [0.15, 0.2) is 45.7 Å². The molecule has 31 heavy (non-hydrogen) atoms. The number of fused-ring (bicyclic) bond motifs is 3. The lowest BCUT2D eigenvalue weighted by atomic mass is 10.2. The van der Waals surface area contributed by atoms with E-state index in [0.29, 0.717) is 22.2 Å². The maximum absolute atomic E-state index is 13.1. The van der Waals surface area contributed by atoms with Crippen molar-refractivity contribution in [1.82, 2.24) is 19.2 Å². The van der Waals surface area contributed by atoms with Crippen LogP contribution in [-0.4, -0.2) is 43.5 Å². The number of nitrogens with zero attached hydrogens (tertiary/aromatic N) is 4. The van der Waals surface area contributed by atoms with Crippen molar-refractivity contribution in [2.45, 2.75) is 37.6 Å². The summed E-state index contributed by atoms with van der Waals surface area (Å²) in [5.74, 6) is 0.546. The monoisotopic (exact) mass is 455 g/mol. The molecule has 160 valence electrons. The SMILES string of the molecule is Cc1ccccc1NC(=O)CSc1nnc2n(C[C@H]3CCCO3)c(=O)c3sccc3n12. The molecule has 3 aromatic heterocycles. The van der Waals surface area contributed by atoms with Crippen LogP contribution >= 0.6 is 23.1 Å². The third-order valence-electron chi connectivity index (χ3n) is 5.34. The van der Waals surface area contributed by atoms with Gasteiger partial charge < -0.3 is 10.1 Å². The number of ether oxygens (including phenoxy) is 1. The second kappa shape index (κ2) is 8.45. The fourth-order valence-electron chi connectivity index (χ4n) is 3.78. The fraction of sp³-hybridized carbons (Fsp3) is 0.333. The molecule has 0 aliphatic carbocycles. The molecule has 1 amide bonds. The topological polar surface area (TPSA) is 90.5 Å². The standard InChI is InChI=1S/C21H21N5O3S2/c1-13-5-2-3-7-15(13)22-17(27)12-31-21-24-23-20-25(11-14-6-4-9-29-14)19(28)18-16(26(20)21)8-10-30-18/h2-3,5,7-8,10,14H,4,6,9,11-12H2,1H3,(H,22,27)/t14-/m1/s1. The minimum absolute atomic E-state index is 0.00612. The van der Waals surface area contributed by atoms with Crippen LogP contribution in [0, 0.1) is 6.92 Å². The van der Waals surface area contributed by atoms with Gasteiger partial charge in [0.1, 0.15) is 4.70 Å². The Morgan fingerprint density at radius 2 is 2.19 bits per heavy atom. The minimum Gasteiger partial charge on any atom is -0.376 e. The summed E-state index contributed by atoms with van der Waals surface area (Å²) in [6, 6.07) is 9.55. The van der Waals surface area contributed by atoms with Crippen molar-refractivity contribution in [3.8, 4) is 0 Å².